The maximum Gasteiger partial charge on any atom is 0.138 e. The summed E-state index contributed by atoms with van der Waals surface area (Å²) in [5.74, 6) is 1.09. The lowest BCUT2D eigenvalue weighted by Gasteiger charge is -2.08. The highest BCUT2D eigenvalue weighted by atomic mass is 79.9. The van der Waals surface area contributed by atoms with Crippen molar-refractivity contribution < 1.29 is 5.11 Å². The summed E-state index contributed by atoms with van der Waals surface area (Å²) >= 11 is 3.56. The van der Waals surface area contributed by atoms with Crippen LogP contribution in [0.5, 0.6) is 5.75 Å². The van der Waals surface area contributed by atoms with Gasteiger partial charge in [-0.3, -0.25) is 0 Å². The molecule has 0 bridgehead atoms. The fourth-order valence-corrected chi connectivity index (χ4v) is 4.17. The standard InChI is InChI=1S/C23H21BrN2O/c1-14-7-15(2)9-19(8-14)23-25-21-12-20(27)11-18(22(21)26-23)10-16-5-3-4-6-17(16)13-24/h3-9,11-12,27H,10,13H2,1-2H3,(H,25,26). The van der Waals surface area contributed by atoms with E-state index in [0.29, 0.717) is 0 Å². The minimum absolute atomic E-state index is 0.254. The zero-order valence-electron chi connectivity index (χ0n) is 15.4. The van der Waals surface area contributed by atoms with E-state index < -0.39 is 0 Å². The van der Waals surface area contributed by atoms with Gasteiger partial charge in [-0.2, -0.15) is 0 Å². The molecular formula is C23H21BrN2O. The Labute approximate surface area is 167 Å². The summed E-state index contributed by atoms with van der Waals surface area (Å²) in [6.45, 7) is 4.18. The Morgan fingerprint density at radius 1 is 0.926 bits per heavy atom. The van der Waals surface area contributed by atoms with Gasteiger partial charge < -0.3 is 10.1 Å². The molecule has 4 aromatic rings. The van der Waals surface area contributed by atoms with Crippen molar-refractivity contribution in [3.63, 3.8) is 0 Å². The molecular weight excluding hydrogens is 400 g/mol. The lowest BCUT2D eigenvalue weighted by molar-refractivity contribution is 0.475. The Morgan fingerprint density at radius 2 is 1.63 bits per heavy atom. The summed E-state index contributed by atoms with van der Waals surface area (Å²) in [6.07, 6.45) is 0.726. The Balaban J connectivity index is 1.83. The number of benzene rings is 3. The van der Waals surface area contributed by atoms with Gasteiger partial charge in [-0.1, -0.05) is 57.4 Å². The summed E-state index contributed by atoms with van der Waals surface area (Å²) in [5, 5.41) is 11.0. The lowest BCUT2D eigenvalue weighted by atomic mass is 9.99. The second-order valence-electron chi connectivity index (χ2n) is 7.04. The van der Waals surface area contributed by atoms with Gasteiger partial charge in [-0.05, 0) is 48.7 Å². The predicted molar refractivity (Wildman–Crippen MR) is 115 cm³/mol. The van der Waals surface area contributed by atoms with E-state index in [9.17, 15) is 5.11 Å². The maximum absolute atomic E-state index is 10.2. The van der Waals surface area contributed by atoms with E-state index in [2.05, 4.69) is 65.1 Å². The number of phenols is 1. The topological polar surface area (TPSA) is 48.9 Å². The molecule has 3 nitrogen and oxygen atoms in total. The molecule has 0 saturated carbocycles. The number of rotatable bonds is 4. The first-order valence-electron chi connectivity index (χ1n) is 8.96. The monoisotopic (exact) mass is 420 g/mol. The Hall–Kier alpha value is -2.59. The molecule has 3 aromatic carbocycles. The van der Waals surface area contributed by atoms with Crippen LogP contribution in [0.3, 0.4) is 0 Å². The third-order valence-electron chi connectivity index (χ3n) is 4.79. The molecule has 4 rings (SSSR count). The van der Waals surface area contributed by atoms with Gasteiger partial charge in [0.15, 0.2) is 0 Å². The molecule has 0 unspecified atom stereocenters. The summed E-state index contributed by atoms with van der Waals surface area (Å²) in [7, 11) is 0. The molecule has 2 N–H and O–H groups in total. The zero-order chi connectivity index (χ0) is 19.0. The average Bonchev–Trinajstić information content (AvgIpc) is 3.05. The number of H-pyrrole nitrogens is 1. The zero-order valence-corrected chi connectivity index (χ0v) is 17.0. The predicted octanol–water partition coefficient (Wildman–Crippen LogP) is 6.04. The quantitative estimate of drug-likeness (QED) is 0.395. The van der Waals surface area contributed by atoms with Gasteiger partial charge >= 0.3 is 0 Å². The van der Waals surface area contributed by atoms with Crippen molar-refractivity contribution in [3.8, 4) is 17.1 Å². The molecule has 0 aliphatic heterocycles. The minimum Gasteiger partial charge on any atom is -0.508 e. The number of aromatic amines is 1. The smallest absolute Gasteiger partial charge is 0.138 e. The number of imidazole rings is 1. The van der Waals surface area contributed by atoms with Gasteiger partial charge in [0.05, 0.1) is 11.0 Å². The van der Waals surface area contributed by atoms with E-state index in [0.717, 1.165) is 39.7 Å². The summed E-state index contributed by atoms with van der Waals surface area (Å²) < 4.78 is 0. The molecule has 4 heteroatoms. The van der Waals surface area contributed by atoms with Crippen molar-refractivity contribution in [1.82, 2.24) is 9.97 Å². The molecule has 1 heterocycles. The Kier molecular flexibility index (Phi) is 4.75. The second kappa shape index (κ2) is 7.20. The van der Waals surface area contributed by atoms with Crippen molar-refractivity contribution in [2.45, 2.75) is 25.6 Å². The third-order valence-corrected chi connectivity index (χ3v) is 5.39. The second-order valence-corrected chi connectivity index (χ2v) is 7.60. The van der Waals surface area contributed by atoms with Crippen LogP contribution in [0.1, 0.15) is 27.8 Å². The first kappa shape index (κ1) is 17.8. The van der Waals surface area contributed by atoms with Crippen molar-refractivity contribution in [3.05, 3.63) is 82.4 Å². The van der Waals surface area contributed by atoms with Crippen molar-refractivity contribution >= 4 is 27.0 Å². The van der Waals surface area contributed by atoms with E-state index in [1.54, 1.807) is 6.07 Å². The number of nitrogens with one attached hydrogen (secondary N) is 1. The van der Waals surface area contributed by atoms with Crippen LogP contribution in [0.15, 0.2) is 54.6 Å². The van der Waals surface area contributed by atoms with Crippen molar-refractivity contribution in [2.75, 3.05) is 0 Å². The van der Waals surface area contributed by atoms with E-state index in [4.69, 9.17) is 4.98 Å². The van der Waals surface area contributed by atoms with Gasteiger partial charge in [0.2, 0.25) is 0 Å². The van der Waals surface area contributed by atoms with Gasteiger partial charge in [0, 0.05) is 23.4 Å². The Morgan fingerprint density at radius 3 is 2.33 bits per heavy atom. The molecule has 0 aliphatic carbocycles. The minimum atomic E-state index is 0.254. The summed E-state index contributed by atoms with van der Waals surface area (Å²) in [6, 6.07) is 18.3. The van der Waals surface area contributed by atoms with Crippen molar-refractivity contribution in [1.29, 1.82) is 0 Å². The Bertz CT molecular complexity index is 1110. The number of halogens is 1. The molecule has 0 amide bonds. The number of hydrogen-bond donors (Lipinski definition) is 2. The lowest BCUT2D eigenvalue weighted by Crippen LogP contribution is -1.94. The SMILES string of the molecule is Cc1cc(C)cc(-c2nc3c(Cc4ccccc4CBr)cc(O)cc3[nH]2)c1. The average molecular weight is 421 g/mol. The van der Waals surface area contributed by atoms with E-state index in [-0.39, 0.29) is 5.75 Å². The molecule has 0 atom stereocenters. The first-order valence-corrected chi connectivity index (χ1v) is 10.1. The normalized spacial score (nSPS) is 11.2. The fraction of sp³-hybridized carbons (Fsp3) is 0.174. The van der Waals surface area contributed by atoms with Crippen LogP contribution in [0.4, 0.5) is 0 Å². The van der Waals surface area contributed by atoms with Crippen LogP contribution in [-0.4, -0.2) is 15.1 Å². The van der Waals surface area contributed by atoms with Crippen molar-refractivity contribution in [2.24, 2.45) is 0 Å². The van der Waals surface area contributed by atoms with E-state index >= 15 is 0 Å². The summed E-state index contributed by atoms with van der Waals surface area (Å²) in [5.41, 5.74) is 8.75. The first-order chi connectivity index (χ1) is 13.0. The number of aromatic hydroxyl groups is 1. The molecule has 0 spiro atoms. The molecule has 0 radical (unpaired) electrons. The highest BCUT2D eigenvalue weighted by Gasteiger charge is 2.13. The molecule has 0 aliphatic rings. The van der Waals surface area contributed by atoms with Crippen LogP contribution in [-0.2, 0) is 11.8 Å². The van der Waals surface area contributed by atoms with E-state index in [1.165, 1.54) is 22.3 Å². The number of hydrogen-bond acceptors (Lipinski definition) is 2. The van der Waals surface area contributed by atoms with Crippen LogP contribution < -0.4 is 0 Å². The highest BCUT2D eigenvalue weighted by Crippen LogP contribution is 2.30. The molecule has 27 heavy (non-hydrogen) atoms. The highest BCUT2D eigenvalue weighted by molar-refractivity contribution is 9.08. The largest absolute Gasteiger partial charge is 0.508 e. The molecule has 0 saturated heterocycles. The van der Waals surface area contributed by atoms with Gasteiger partial charge in [0.1, 0.15) is 11.6 Å². The van der Waals surface area contributed by atoms with Crippen LogP contribution in [0, 0.1) is 13.8 Å². The van der Waals surface area contributed by atoms with Gasteiger partial charge in [-0.15, -0.1) is 0 Å². The van der Waals surface area contributed by atoms with Crippen LogP contribution in [0.2, 0.25) is 0 Å². The molecule has 136 valence electrons. The number of fused-ring (bicyclic) bond motifs is 1. The van der Waals surface area contributed by atoms with Gasteiger partial charge in [0.25, 0.3) is 0 Å². The van der Waals surface area contributed by atoms with E-state index in [1.807, 2.05) is 18.2 Å². The molecule has 1 aromatic heterocycles. The number of alkyl halides is 1. The van der Waals surface area contributed by atoms with Gasteiger partial charge in [-0.25, -0.2) is 4.98 Å². The molecule has 0 fully saturated rings. The van der Waals surface area contributed by atoms with Crippen LogP contribution >= 0.6 is 15.9 Å². The number of phenolic OH excluding ortho intramolecular Hbond substituents is 1. The summed E-state index contributed by atoms with van der Waals surface area (Å²) in [4.78, 5) is 8.26. The number of aromatic nitrogens is 2. The number of nitrogens with zero attached hydrogens (tertiary/aromatic N) is 1. The number of aryl methyl sites for hydroxylation is 2. The van der Waals surface area contributed by atoms with Crippen LogP contribution in [0.25, 0.3) is 22.4 Å². The maximum atomic E-state index is 10.2. The fourth-order valence-electron chi connectivity index (χ4n) is 3.62. The third kappa shape index (κ3) is 3.62.